The summed E-state index contributed by atoms with van der Waals surface area (Å²) in [5.74, 6) is 0.604. The molecule has 0 radical (unpaired) electrons. The quantitative estimate of drug-likeness (QED) is 0.743. The molecular weight excluding hydrogens is 304 g/mol. The van der Waals surface area contributed by atoms with E-state index in [1.807, 2.05) is 0 Å². The van der Waals surface area contributed by atoms with Crippen LogP contribution in [-0.4, -0.2) is 12.1 Å². The predicted octanol–water partition coefficient (Wildman–Crippen LogP) is 5.00. The molecule has 2 aromatic rings. The summed E-state index contributed by atoms with van der Waals surface area (Å²) in [5, 5.41) is 7.60. The lowest BCUT2D eigenvalue weighted by atomic mass is 9.90. The first-order valence-corrected chi connectivity index (χ1v) is 9.82. The molecule has 1 aliphatic rings. The van der Waals surface area contributed by atoms with Gasteiger partial charge in [0.05, 0.1) is 0 Å². The van der Waals surface area contributed by atoms with E-state index in [0.717, 1.165) is 13.1 Å². The monoisotopic (exact) mass is 336 g/mol. The maximum Gasteiger partial charge on any atom is 0.0224 e. The summed E-state index contributed by atoms with van der Waals surface area (Å²) in [4.78, 5) is 0. The van der Waals surface area contributed by atoms with Crippen molar-refractivity contribution in [1.82, 2.24) is 10.6 Å². The van der Waals surface area contributed by atoms with Crippen LogP contribution >= 0.6 is 0 Å². The SMILES string of the molecule is CC(C)c1ccc(CNC2CCCCC2NCc2ccccc2)cc1. The molecule has 0 saturated heterocycles. The van der Waals surface area contributed by atoms with Crippen molar-refractivity contribution in [1.29, 1.82) is 0 Å². The molecule has 0 spiro atoms. The van der Waals surface area contributed by atoms with E-state index in [1.165, 1.54) is 42.4 Å². The van der Waals surface area contributed by atoms with Gasteiger partial charge in [-0.3, -0.25) is 0 Å². The van der Waals surface area contributed by atoms with Crippen LogP contribution in [0.5, 0.6) is 0 Å². The van der Waals surface area contributed by atoms with Gasteiger partial charge < -0.3 is 10.6 Å². The van der Waals surface area contributed by atoms with Gasteiger partial charge in [0.25, 0.3) is 0 Å². The zero-order valence-corrected chi connectivity index (χ0v) is 15.7. The molecule has 1 aliphatic carbocycles. The third-order valence-corrected chi connectivity index (χ3v) is 5.39. The third-order valence-electron chi connectivity index (χ3n) is 5.39. The Hall–Kier alpha value is -1.64. The molecule has 0 bridgehead atoms. The summed E-state index contributed by atoms with van der Waals surface area (Å²) < 4.78 is 0. The maximum atomic E-state index is 3.81. The zero-order valence-electron chi connectivity index (χ0n) is 15.7. The van der Waals surface area contributed by atoms with Crippen molar-refractivity contribution in [2.75, 3.05) is 0 Å². The zero-order chi connectivity index (χ0) is 17.5. The largest absolute Gasteiger partial charge is 0.308 e. The van der Waals surface area contributed by atoms with E-state index < -0.39 is 0 Å². The van der Waals surface area contributed by atoms with Gasteiger partial charge >= 0.3 is 0 Å². The predicted molar refractivity (Wildman–Crippen MR) is 107 cm³/mol. The van der Waals surface area contributed by atoms with Gasteiger partial charge in [-0.15, -0.1) is 0 Å². The molecule has 0 aromatic heterocycles. The molecule has 0 heterocycles. The second-order valence-corrected chi connectivity index (χ2v) is 7.64. The Balaban J connectivity index is 1.52. The highest BCUT2D eigenvalue weighted by Crippen LogP contribution is 2.20. The standard InChI is InChI=1S/C23H32N2/c1-18(2)21-14-12-20(13-15-21)17-25-23-11-7-6-10-22(23)24-16-19-8-4-3-5-9-19/h3-5,8-9,12-15,18,22-25H,6-7,10-11,16-17H2,1-2H3. The number of benzene rings is 2. The van der Waals surface area contributed by atoms with E-state index in [2.05, 4.69) is 79.1 Å². The summed E-state index contributed by atoms with van der Waals surface area (Å²) in [5.41, 5.74) is 4.18. The summed E-state index contributed by atoms with van der Waals surface area (Å²) >= 11 is 0. The van der Waals surface area contributed by atoms with E-state index in [9.17, 15) is 0 Å². The van der Waals surface area contributed by atoms with Crippen LogP contribution in [0.3, 0.4) is 0 Å². The van der Waals surface area contributed by atoms with Crippen molar-refractivity contribution in [3.8, 4) is 0 Å². The summed E-state index contributed by atoms with van der Waals surface area (Å²) in [6, 6.07) is 21.0. The molecule has 1 saturated carbocycles. The van der Waals surface area contributed by atoms with Crippen molar-refractivity contribution < 1.29 is 0 Å². The first-order chi connectivity index (χ1) is 12.2. The van der Waals surface area contributed by atoms with E-state index in [1.54, 1.807) is 0 Å². The second-order valence-electron chi connectivity index (χ2n) is 7.64. The van der Waals surface area contributed by atoms with Crippen LogP contribution < -0.4 is 10.6 Å². The number of hydrogen-bond acceptors (Lipinski definition) is 2. The van der Waals surface area contributed by atoms with Gasteiger partial charge in [0.1, 0.15) is 0 Å². The molecule has 3 rings (SSSR count). The van der Waals surface area contributed by atoms with Gasteiger partial charge in [-0.25, -0.2) is 0 Å². The lowest BCUT2D eigenvalue weighted by Gasteiger charge is -2.33. The maximum absolute atomic E-state index is 3.81. The molecule has 2 heteroatoms. The van der Waals surface area contributed by atoms with E-state index in [-0.39, 0.29) is 0 Å². The molecule has 134 valence electrons. The molecule has 1 fully saturated rings. The summed E-state index contributed by atoms with van der Waals surface area (Å²) in [6.45, 7) is 6.43. The minimum absolute atomic E-state index is 0.572. The van der Waals surface area contributed by atoms with Gasteiger partial charge in [-0.05, 0) is 35.4 Å². The van der Waals surface area contributed by atoms with Crippen molar-refractivity contribution in [3.05, 3.63) is 71.3 Å². The van der Waals surface area contributed by atoms with Crippen LogP contribution in [0.1, 0.15) is 62.1 Å². The van der Waals surface area contributed by atoms with E-state index in [0.29, 0.717) is 18.0 Å². The molecule has 2 aromatic carbocycles. The topological polar surface area (TPSA) is 24.1 Å². The Morgan fingerprint density at radius 3 is 1.80 bits per heavy atom. The van der Waals surface area contributed by atoms with Crippen LogP contribution in [0.15, 0.2) is 54.6 Å². The van der Waals surface area contributed by atoms with E-state index >= 15 is 0 Å². The minimum atomic E-state index is 0.572. The molecule has 0 aliphatic heterocycles. The first kappa shape index (κ1) is 18.2. The van der Waals surface area contributed by atoms with Gasteiger partial charge in [0, 0.05) is 25.2 Å². The highest BCUT2D eigenvalue weighted by atomic mass is 15.0. The number of rotatable bonds is 7. The smallest absolute Gasteiger partial charge is 0.0224 e. The summed E-state index contributed by atoms with van der Waals surface area (Å²) in [7, 11) is 0. The van der Waals surface area contributed by atoms with Crippen molar-refractivity contribution >= 4 is 0 Å². The van der Waals surface area contributed by atoms with Gasteiger partial charge in [0.2, 0.25) is 0 Å². The van der Waals surface area contributed by atoms with Gasteiger partial charge in [-0.2, -0.15) is 0 Å². The average Bonchev–Trinajstić information content (AvgIpc) is 2.66. The fourth-order valence-corrected chi connectivity index (χ4v) is 3.73. The average molecular weight is 337 g/mol. The highest BCUT2D eigenvalue weighted by molar-refractivity contribution is 5.24. The fourth-order valence-electron chi connectivity index (χ4n) is 3.73. The Labute approximate surface area is 153 Å². The molecule has 0 amide bonds. The van der Waals surface area contributed by atoms with Crippen LogP contribution in [-0.2, 0) is 13.1 Å². The molecule has 2 N–H and O–H groups in total. The number of hydrogen-bond donors (Lipinski definition) is 2. The van der Waals surface area contributed by atoms with Crippen LogP contribution in [0.25, 0.3) is 0 Å². The van der Waals surface area contributed by atoms with Crippen molar-refractivity contribution in [2.24, 2.45) is 0 Å². The molecule has 2 unspecified atom stereocenters. The van der Waals surface area contributed by atoms with Gasteiger partial charge in [-0.1, -0.05) is 81.3 Å². The van der Waals surface area contributed by atoms with Crippen LogP contribution in [0, 0.1) is 0 Å². The van der Waals surface area contributed by atoms with Crippen molar-refractivity contribution in [3.63, 3.8) is 0 Å². The summed E-state index contributed by atoms with van der Waals surface area (Å²) in [6.07, 6.45) is 5.23. The lowest BCUT2D eigenvalue weighted by molar-refractivity contribution is 0.281. The molecule has 2 nitrogen and oxygen atoms in total. The van der Waals surface area contributed by atoms with Crippen molar-refractivity contribution in [2.45, 2.75) is 70.6 Å². The Kier molecular flexibility index (Phi) is 6.66. The van der Waals surface area contributed by atoms with E-state index in [4.69, 9.17) is 0 Å². The first-order valence-electron chi connectivity index (χ1n) is 9.82. The van der Waals surface area contributed by atoms with Gasteiger partial charge in [0.15, 0.2) is 0 Å². The Morgan fingerprint density at radius 1 is 0.760 bits per heavy atom. The Bertz CT molecular complexity index is 618. The lowest BCUT2D eigenvalue weighted by Crippen LogP contribution is -2.49. The molecule has 25 heavy (non-hydrogen) atoms. The minimum Gasteiger partial charge on any atom is -0.308 e. The highest BCUT2D eigenvalue weighted by Gasteiger charge is 2.24. The fraction of sp³-hybridized carbons (Fsp3) is 0.478. The van der Waals surface area contributed by atoms with Crippen LogP contribution in [0.2, 0.25) is 0 Å². The molecule has 2 atom stereocenters. The third kappa shape index (κ3) is 5.42. The van der Waals surface area contributed by atoms with Crippen LogP contribution in [0.4, 0.5) is 0 Å². The second kappa shape index (κ2) is 9.17. The molecular formula is C23H32N2. The Morgan fingerprint density at radius 2 is 1.28 bits per heavy atom. The number of nitrogens with one attached hydrogen (secondary N) is 2. The normalized spacial score (nSPS) is 20.8.